The number of nitrogens with zero attached hydrogens (tertiary/aromatic N) is 3. The standard InChI is InChI=1S/C60H39N3/c1-4-19-40(20-5-1)42-23-17-27-46(38-42)57-59-58(53-35-14-15-36-54(53)63(59)48-29-8-3-9-30-48)62-60(61-57)47-28-18-25-44(39-47)43-24-16-26-45(37-43)56-51-33-12-10-31-49(51)55(41-21-6-2-7-22-41)50-32-11-13-34-52(50)56/h1-39H. The van der Waals surface area contributed by atoms with Crippen molar-refractivity contribution in [3.05, 3.63) is 237 Å². The largest absolute Gasteiger partial charge is 0.306 e. The van der Waals surface area contributed by atoms with Crippen LogP contribution in [-0.4, -0.2) is 14.5 Å². The number of hydrogen-bond donors (Lipinski definition) is 0. The van der Waals surface area contributed by atoms with E-state index >= 15 is 0 Å². The van der Waals surface area contributed by atoms with E-state index in [2.05, 4.69) is 241 Å². The van der Waals surface area contributed by atoms with Crippen molar-refractivity contribution in [3.8, 4) is 72.8 Å². The van der Waals surface area contributed by atoms with Crippen LogP contribution in [0.25, 0.3) is 116 Å². The highest BCUT2D eigenvalue weighted by Crippen LogP contribution is 2.45. The van der Waals surface area contributed by atoms with Gasteiger partial charge in [-0.2, -0.15) is 0 Å². The highest BCUT2D eigenvalue weighted by molar-refractivity contribution is 6.21. The predicted octanol–water partition coefficient (Wildman–Crippen LogP) is 15.9. The second-order valence-corrected chi connectivity index (χ2v) is 16.1. The summed E-state index contributed by atoms with van der Waals surface area (Å²) in [6, 6.07) is 84.6. The molecule has 2 heterocycles. The molecule has 2 aromatic heterocycles. The van der Waals surface area contributed by atoms with Crippen LogP contribution in [0.15, 0.2) is 237 Å². The van der Waals surface area contributed by atoms with Gasteiger partial charge in [-0.1, -0.05) is 200 Å². The lowest BCUT2D eigenvalue weighted by molar-refractivity contribution is 1.15. The Balaban J connectivity index is 1.04. The van der Waals surface area contributed by atoms with Crippen LogP contribution in [-0.2, 0) is 0 Å². The van der Waals surface area contributed by atoms with E-state index in [1.54, 1.807) is 0 Å². The summed E-state index contributed by atoms with van der Waals surface area (Å²) in [6.45, 7) is 0. The number of rotatable bonds is 7. The highest BCUT2D eigenvalue weighted by Gasteiger charge is 2.22. The maximum absolute atomic E-state index is 5.53. The van der Waals surface area contributed by atoms with Gasteiger partial charge >= 0.3 is 0 Å². The molecule has 63 heavy (non-hydrogen) atoms. The summed E-state index contributed by atoms with van der Waals surface area (Å²) in [5, 5.41) is 6.05. The topological polar surface area (TPSA) is 30.7 Å². The van der Waals surface area contributed by atoms with Gasteiger partial charge in [0, 0.05) is 22.2 Å². The molecule has 0 saturated heterocycles. The summed E-state index contributed by atoms with van der Waals surface area (Å²) in [5.41, 5.74) is 16.4. The molecule has 0 radical (unpaired) electrons. The molecule has 0 unspecified atom stereocenters. The fourth-order valence-electron chi connectivity index (χ4n) is 9.54. The molecular weight excluding hydrogens is 763 g/mol. The first-order valence-electron chi connectivity index (χ1n) is 21.5. The van der Waals surface area contributed by atoms with Gasteiger partial charge in [0.05, 0.1) is 16.7 Å². The van der Waals surface area contributed by atoms with Crippen LogP contribution in [0.1, 0.15) is 0 Å². The van der Waals surface area contributed by atoms with Gasteiger partial charge in [0.15, 0.2) is 5.82 Å². The molecule has 0 aliphatic carbocycles. The van der Waals surface area contributed by atoms with Crippen molar-refractivity contribution in [1.29, 1.82) is 0 Å². The Morgan fingerprint density at radius 3 is 1.32 bits per heavy atom. The summed E-state index contributed by atoms with van der Waals surface area (Å²) in [6.07, 6.45) is 0. The van der Waals surface area contributed by atoms with Crippen LogP contribution in [0.3, 0.4) is 0 Å². The molecule has 0 saturated carbocycles. The first kappa shape index (κ1) is 36.5. The summed E-state index contributed by atoms with van der Waals surface area (Å²) >= 11 is 0. The first-order valence-corrected chi connectivity index (χ1v) is 21.5. The van der Waals surface area contributed by atoms with E-state index < -0.39 is 0 Å². The van der Waals surface area contributed by atoms with E-state index in [1.165, 1.54) is 43.8 Å². The van der Waals surface area contributed by atoms with Gasteiger partial charge in [-0.05, 0) is 102 Å². The summed E-state index contributed by atoms with van der Waals surface area (Å²) in [5.74, 6) is 0.685. The van der Waals surface area contributed by atoms with E-state index in [9.17, 15) is 0 Å². The normalized spacial score (nSPS) is 11.5. The maximum Gasteiger partial charge on any atom is 0.160 e. The first-order chi connectivity index (χ1) is 31.3. The summed E-state index contributed by atoms with van der Waals surface area (Å²) in [4.78, 5) is 11.0. The fourth-order valence-corrected chi connectivity index (χ4v) is 9.54. The third kappa shape index (κ3) is 6.29. The molecule has 0 aliphatic heterocycles. The third-order valence-corrected chi connectivity index (χ3v) is 12.4. The van der Waals surface area contributed by atoms with Crippen molar-refractivity contribution in [2.24, 2.45) is 0 Å². The Kier molecular flexibility index (Phi) is 8.83. The zero-order valence-electron chi connectivity index (χ0n) is 34.4. The van der Waals surface area contributed by atoms with Crippen LogP contribution in [0.5, 0.6) is 0 Å². The van der Waals surface area contributed by atoms with Crippen molar-refractivity contribution in [1.82, 2.24) is 14.5 Å². The van der Waals surface area contributed by atoms with Crippen LogP contribution in [0, 0.1) is 0 Å². The van der Waals surface area contributed by atoms with Gasteiger partial charge < -0.3 is 4.57 Å². The molecule has 0 spiro atoms. The lowest BCUT2D eigenvalue weighted by atomic mass is 9.85. The second kappa shape index (κ2) is 15.3. The number of fused-ring (bicyclic) bond motifs is 5. The summed E-state index contributed by atoms with van der Waals surface area (Å²) in [7, 11) is 0. The lowest BCUT2D eigenvalue weighted by Crippen LogP contribution is -2.00. The zero-order valence-corrected chi connectivity index (χ0v) is 34.4. The summed E-state index contributed by atoms with van der Waals surface area (Å²) < 4.78 is 2.32. The average Bonchev–Trinajstić information content (AvgIpc) is 3.70. The van der Waals surface area contributed by atoms with Crippen molar-refractivity contribution >= 4 is 43.5 Å². The smallest absolute Gasteiger partial charge is 0.160 e. The molecule has 294 valence electrons. The molecular formula is C60H39N3. The molecule has 3 nitrogen and oxygen atoms in total. The number of hydrogen-bond acceptors (Lipinski definition) is 2. The van der Waals surface area contributed by atoms with Crippen molar-refractivity contribution in [2.75, 3.05) is 0 Å². The van der Waals surface area contributed by atoms with Gasteiger partial charge in [0.2, 0.25) is 0 Å². The Bertz CT molecular complexity index is 3610. The quantitative estimate of drug-likeness (QED) is 0.150. The zero-order chi connectivity index (χ0) is 41.7. The highest BCUT2D eigenvalue weighted by atomic mass is 15.0. The van der Waals surface area contributed by atoms with Gasteiger partial charge in [0.1, 0.15) is 5.52 Å². The SMILES string of the molecule is c1ccc(-c2cccc(-c3nc(-c4cccc(-c5cccc(-c6c7ccccc7c(-c7ccccc7)c7ccccc67)c5)c4)nc4c5ccccc5n(-c5ccccc5)c34)c2)cc1. The van der Waals surface area contributed by atoms with Crippen LogP contribution in [0.4, 0.5) is 0 Å². The van der Waals surface area contributed by atoms with Crippen molar-refractivity contribution < 1.29 is 0 Å². The molecule has 0 N–H and O–H groups in total. The van der Waals surface area contributed by atoms with E-state index in [-0.39, 0.29) is 0 Å². The molecule has 0 atom stereocenters. The molecule has 0 fully saturated rings. The monoisotopic (exact) mass is 801 g/mol. The maximum atomic E-state index is 5.53. The average molecular weight is 802 g/mol. The molecule has 12 aromatic rings. The number of aromatic nitrogens is 3. The predicted molar refractivity (Wildman–Crippen MR) is 264 cm³/mol. The Morgan fingerprint density at radius 2 is 0.698 bits per heavy atom. The third-order valence-electron chi connectivity index (χ3n) is 12.4. The molecule has 3 heteroatoms. The van der Waals surface area contributed by atoms with Gasteiger partial charge in [-0.15, -0.1) is 0 Å². The van der Waals surface area contributed by atoms with E-state index in [1.807, 2.05) is 0 Å². The Hall–Kier alpha value is -8.40. The molecule has 12 rings (SSSR count). The number of benzene rings is 10. The van der Waals surface area contributed by atoms with Crippen LogP contribution >= 0.6 is 0 Å². The Labute approximate surface area is 365 Å². The second-order valence-electron chi connectivity index (χ2n) is 16.1. The van der Waals surface area contributed by atoms with Gasteiger partial charge in [-0.25, -0.2) is 9.97 Å². The lowest BCUT2D eigenvalue weighted by Gasteiger charge is -2.18. The molecule has 0 aliphatic rings. The van der Waals surface area contributed by atoms with E-state index in [0.29, 0.717) is 5.82 Å². The van der Waals surface area contributed by atoms with Crippen LogP contribution < -0.4 is 0 Å². The minimum atomic E-state index is 0.685. The van der Waals surface area contributed by atoms with Crippen molar-refractivity contribution in [3.63, 3.8) is 0 Å². The van der Waals surface area contributed by atoms with Gasteiger partial charge in [-0.3, -0.25) is 0 Å². The number of para-hydroxylation sites is 2. The van der Waals surface area contributed by atoms with E-state index in [0.717, 1.165) is 66.7 Å². The van der Waals surface area contributed by atoms with Crippen LogP contribution in [0.2, 0.25) is 0 Å². The van der Waals surface area contributed by atoms with Crippen molar-refractivity contribution in [2.45, 2.75) is 0 Å². The molecule has 0 bridgehead atoms. The molecule has 10 aromatic carbocycles. The Morgan fingerprint density at radius 1 is 0.286 bits per heavy atom. The molecule has 0 amide bonds. The fraction of sp³-hybridized carbons (Fsp3) is 0. The minimum absolute atomic E-state index is 0.685. The van der Waals surface area contributed by atoms with Gasteiger partial charge in [0.25, 0.3) is 0 Å². The van der Waals surface area contributed by atoms with E-state index in [4.69, 9.17) is 9.97 Å². The minimum Gasteiger partial charge on any atom is -0.306 e.